The van der Waals surface area contributed by atoms with E-state index in [1.165, 1.54) is 11.1 Å². The van der Waals surface area contributed by atoms with Crippen molar-refractivity contribution in [1.29, 1.82) is 0 Å². The first-order valence-corrected chi connectivity index (χ1v) is 6.51. The minimum atomic E-state index is 0.703. The van der Waals surface area contributed by atoms with Gasteiger partial charge in [-0.25, -0.2) is 0 Å². The predicted molar refractivity (Wildman–Crippen MR) is 82.1 cm³/mol. The summed E-state index contributed by atoms with van der Waals surface area (Å²) in [6.07, 6.45) is 8.26. The second-order valence-electron chi connectivity index (χ2n) is 4.13. The average Bonchev–Trinajstić information content (AvgIpc) is 2.47. The smallest absolute Gasteiger partial charge is 0.119 e. The molecule has 0 saturated heterocycles. The number of hydrogen-bond acceptors (Lipinski definition) is 1. The van der Waals surface area contributed by atoms with E-state index in [1.54, 1.807) is 0 Å². The molecule has 0 aromatic heterocycles. The summed E-state index contributed by atoms with van der Waals surface area (Å²) in [4.78, 5) is 0. The second kappa shape index (κ2) is 7.22. The maximum atomic E-state index is 5.41. The molecule has 96 valence electrons. The van der Waals surface area contributed by atoms with Crippen molar-refractivity contribution >= 4 is 12.2 Å². The van der Waals surface area contributed by atoms with Gasteiger partial charge in [0.1, 0.15) is 5.75 Å². The summed E-state index contributed by atoms with van der Waals surface area (Å²) in [7, 11) is 0. The van der Waals surface area contributed by atoms with Crippen molar-refractivity contribution < 1.29 is 4.74 Å². The molecule has 0 unspecified atom stereocenters. The number of rotatable bonds is 5. The Kier molecular flexibility index (Phi) is 5.00. The first-order valence-electron chi connectivity index (χ1n) is 6.51. The summed E-state index contributed by atoms with van der Waals surface area (Å²) < 4.78 is 5.41. The van der Waals surface area contributed by atoms with Crippen LogP contribution >= 0.6 is 0 Å². The Balaban J connectivity index is 1.93. The van der Waals surface area contributed by atoms with Crippen LogP contribution in [0.3, 0.4) is 0 Å². The van der Waals surface area contributed by atoms with Crippen LogP contribution in [-0.4, -0.2) is 6.61 Å². The molecular formula is C18H18O. The van der Waals surface area contributed by atoms with Gasteiger partial charge < -0.3 is 4.74 Å². The summed E-state index contributed by atoms with van der Waals surface area (Å²) in [6, 6.07) is 18.4. The Morgan fingerprint density at radius 1 is 0.789 bits per heavy atom. The summed E-state index contributed by atoms with van der Waals surface area (Å²) in [6.45, 7) is 2.69. The fourth-order valence-corrected chi connectivity index (χ4v) is 1.74. The van der Waals surface area contributed by atoms with E-state index >= 15 is 0 Å². The van der Waals surface area contributed by atoms with Crippen LogP contribution in [0.1, 0.15) is 18.1 Å². The largest absolute Gasteiger partial charge is 0.494 e. The molecule has 0 aliphatic heterocycles. The molecule has 2 aromatic carbocycles. The average molecular weight is 250 g/mol. The summed E-state index contributed by atoms with van der Waals surface area (Å²) in [5, 5.41) is 0. The van der Waals surface area contributed by atoms with Gasteiger partial charge in [-0.3, -0.25) is 0 Å². The Morgan fingerprint density at radius 3 is 1.95 bits per heavy atom. The van der Waals surface area contributed by atoms with Crippen molar-refractivity contribution in [3.8, 4) is 5.75 Å². The first kappa shape index (κ1) is 13.2. The van der Waals surface area contributed by atoms with E-state index in [-0.39, 0.29) is 0 Å². The molecule has 0 atom stereocenters. The Labute approximate surface area is 114 Å². The lowest BCUT2D eigenvalue weighted by atomic mass is 10.2. The van der Waals surface area contributed by atoms with E-state index in [0.29, 0.717) is 6.61 Å². The Morgan fingerprint density at radius 2 is 1.37 bits per heavy atom. The van der Waals surface area contributed by atoms with Gasteiger partial charge in [0.15, 0.2) is 0 Å². The first-order chi connectivity index (χ1) is 9.38. The predicted octanol–water partition coefficient (Wildman–Crippen LogP) is 4.81. The van der Waals surface area contributed by atoms with Gasteiger partial charge in [-0.15, -0.1) is 0 Å². The molecule has 0 amide bonds. The van der Waals surface area contributed by atoms with Crippen molar-refractivity contribution in [1.82, 2.24) is 0 Å². The van der Waals surface area contributed by atoms with Gasteiger partial charge in [-0.1, -0.05) is 66.8 Å². The highest BCUT2D eigenvalue weighted by molar-refractivity contribution is 5.57. The van der Waals surface area contributed by atoms with E-state index in [1.807, 2.05) is 49.4 Å². The SMILES string of the molecule is CCOc1ccc(/C=C/C=C/c2ccccc2)cc1. The van der Waals surface area contributed by atoms with Gasteiger partial charge in [0.25, 0.3) is 0 Å². The van der Waals surface area contributed by atoms with E-state index in [9.17, 15) is 0 Å². The van der Waals surface area contributed by atoms with Crippen LogP contribution in [0.5, 0.6) is 5.75 Å². The molecule has 0 radical (unpaired) electrons. The summed E-state index contributed by atoms with van der Waals surface area (Å²) in [5.41, 5.74) is 2.38. The Hall–Kier alpha value is -2.28. The van der Waals surface area contributed by atoms with Crippen LogP contribution in [0.2, 0.25) is 0 Å². The fraction of sp³-hybridized carbons (Fsp3) is 0.111. The van der Waals surface area contributed by atoms with E-state index < -0.39 is 0 Å². The number of allylic oxidation sites excluding steroid dienone is 2. The van der Waals surface area contributed by atoms with E-state index in [4.69, 9.17) is 4.74 Å². The molecule has 0 heterocycles. The zero-order valence-corrected chi connectivity index (χ0v) is 11.1. The van der Waals surface area contributed by atoms with Crippen LogP contribution in [0.25, 0.3) is 12.2 Å². The minimum Gasteiger partial charge on any atom is -0.494 e. The van der Waals surface area contributed by atoms with Gasteiger partial charge in [0, 0.05) is 0 Å². The Bertz CT molecular complexity index is 536. The third-order valence-electron chi connectivity index (χ3n) is 2.68. The highest BCUT2D eigenvalue weighted by atomic mass is 16.5. The molecule has 0 aliphatic rings. The normalized spacial score (nSPS) is 11.2. The fourth-order valence-electron chi connectivity index (χ4n) is 1.74. The molecule has 19 heavy (non-hydrogen) atoms. The van der Waals surface area contributed by atoms with Crippen LogP contribution < -0.4 is 4.74 Å². The van der Waals surface area contributed by atoms with Crippen molar-refractivity contribution in [2.75, 3.05) is 6.61 Å². The molecule has 1 heteroatoms. The zero-order valence-electron chi connectivity index (χ0n) is 11.1. The van der Waals surface area contributed by atoms with E-state index in [0.717, 1.165) is 5.75 Å². The summed E-state index contributed by atoms with van der Waals surface area (Å²) >= 11 is 0. The molecule has 0 fully saturated rings. The molecule has 1 nitrogen and oxygen atoms in total. The molecule has 0 bridgehead atoms. The molecule has 2 aromatic rings. The third kappa shape index (κ3) is 4.47. The lowest BCUT2D eigenvalue weighted by Crippen LogP contribution is -1.90. The maximum Gasteiger partial charge on any atom is 0.119 e. The van der Waals surface area contributed by atoms with Gasteiger partial charge in [0.05, 0.1) is 6.61 Å². The van der Waals surface area contributed by atoms with Gasteiger partial charge in [-0.2, -0.15) is 0 Å². The number of benzene rings is 2. The zero-order chi connectivity index (χ0) is 13.3. The minimum absolute atomic E-state index is 0.703. The van der Waals surface area contributed by atoms with Crippen molar-refractivity contribution in [2.45, 2.75) is 6.92 Å². The van der Waals surface area contributed by atoms with Crippen LogP contribution in [0, 0.1) is 0 Å². The lowest BCUT2D eigenvalue weighted by molar-refractivity contribution is 0.340. The quantitative estimate of drug-likeness (QED) is 0.692. The monoisotopic (exact) mass is 250 g/mol. The second-order valence-corrected chi connectivity index (χ2v) is 4.13. The topological polar surface area (TPSA) is 9.23 Å². The van der Waals surface area contributed by atoms with Crippen molar-refractivity contribution in [3.05, 3.63) is 77.9 Å². The standard InChI is InChI=1S/C18H18O/c1-2-19-18-14-12-17(13-15-18)11-7-6-10-16-8-4-3-5-9-16/h3-15H,2H2,1H3/b10-6+,11-7+. The molecule has 0 saturated carbocycles. The molecular weight excluding hydrogens is 232 g/mol. The highest BCUT2D eigenvalue weighted by Gasteiger charge is 1.90. The highest BCUT2D eigenvalue weighted by Crippen LogP contribution is 2.13. The molecule has 0 aliphatic carbocycles. The molecule has 0 spiro atoms. The van der Waals surface area contributed by atoms with Gasteiger partial charge in [0.2, 0.25) is 0 Å². The summed E-state index contributed by atoms with van der Waals surface area (Å²) in [5.74, 6) is 0.916. The van der Waals surface area contributed by atoms with Crippen molar-refractivity contribution in [3.63, 3.8) is 0 Å². The van der Waals surface area contributed by atoms with E-state index in [2.05, 4.69) is 36.4 Å². The van der Waals surface area contributed by atoms with Crippen LogP contribution in [-0.2, 0) is 0 Å². The van der Waals surface area contributed by atoms with Crippen LogP contribution in [0.15, 0.2) is 66.7 Å². The van der Waals surface area contributed by atoms with Gasteiger partial charge >= 0.3 is 0 Å². The van der Waals surface area contributed by atoms with Gasteiger partial charge in [-0.05, 0) is 30.2 Å². The number of ether oxygens (including phenoxy) is 1. The number of hydrogen-bond donors (Lipinski definition) is 0. The maximum absolute atomic E-state index is 5.41. The van der Waals surface area contributed by atoms with Crippen LogP contribution in [0.4, 0.5) is 0 Å². The molecule has 2 rings (SSSR count). The van der Waals surface area contributed by atoms with Crippen molar-refractivity contribution in [2.24, 2.45) is 0 Å². The lowest BCUT2D eigenvalue weighted by Gasteiger charge is -2.01. The molecule has 0 N–H and O–H groups in total. The third-order valence-corrected chi connectivity index (χ3v) is 2.68.